The van der Waals surface area contributed by atoms with E-state index in [1.165, 1.54) is 5.56 Å². The Balaban J connectivity index is 2.63. The molecule has 2 N–H and O–H groups in total. The first-order valence-corrected chi connectivity index (χ1v) is 6.45. The molecule has 1 aromatic rings. The van der Waals surface area contributed by atoms with E-state index in [9.17, 15) is 0 Å². The highest BCUT2D eigenvalue weighted by Gasteiger charge is 2.06. The Morgan fingerprint density at radius 1 is 1.17 bits per heavy atom. The maximum atomic E-state index is 8.71. The van der Waals surface area contributed by atoms with Crippen LogP contribution in [-0.2, 0) is 6.54 Å². The van der Waals surface area contributed by atoms with Crippen LogP contribution >= 0.6 is 0 Å². The molecule has 0 aliphatic carbocycles. The van der Waals surface area contributed by atoms with Crippen LogP contribution in [0.2, 0.25) is 0 Å². The average molecular weight is 253 g/mol. The molecular weight excluding hydrogens is 230 g/mol. The lowest BCUT2D eigenvalue weighted by atomic mass is 10.2. The molecule has 102 valence electrons. The predicted molar refractivity (Wildman–Crippen MR) is 72.2 cm³/mol. The number of hydrogen-bond acceptors (Lipinski definition) is 4. The number of aliphatic hydroxyl groups excluding tert-OH is 1. The van der Waals surface area contributed by atoms with Crippen molar-refractivity contribution in [2.45, 2.75) is 26.3 Å². The van der Waals surface area contributed by atoms with Gasteiger partial charge in [0, 0.05) is 13.2 Å². The maximum absolute atomic E-state index is 8.71. The van der Waals surface area contributed by atoms with Crippen molar-refractivity contribution in [3.8, 4) is 11.5 Å². The highest BCUT2D eigenvalue weighted by molar-refractivity contribution is 5.43. The van der Waals surface area contributed by atoms with Gasteiger partial charge in [-0.2, -0.15) is 0 Å². The fraction of sp³-hybridized carbons (Fsp3) is 0.571. The molecule has 0 aromatic heterocycles. The van der Waals surface area contributed by atoms with Crippen molar-refractivity contribution < 1.29 is 14.6 Å². The molecule has 4 heteroatoms. The quantitative estimate of drug-likeness (QED) is 0.661. The third kappa shape index (κ3) is 4.94. The van der Waals surface area contributed by atoms with E-state index in [1.807, 2.05) is 32.2 Å². The van der Waals surface area contributed by atoms with Crippen molar-refractivity contribution in [3.05, 3.63) is 23.8 Å². The van der Waals surface area contributed by atoms with E-state index in [-0.39, 0.29) is 6.61 Å². The summed E-state index contributed by atoms with van der Waals surface area (Å²) in [6.45, 7) is 4.20. The van der Waals surface area contributed by atoms with Crippen LogP contribution in [0, 0.1) is 0 Å². The molecule has 0 radical (unpaired) electrons. The Bertz CT molecular complexity index is 342. The molecule has 0 saturated carbocycles. The number of benzene rings is 1. The molecule has 0 saturated heterocycles. The van der Waals surface area contributed by atoms with Gasteiger partial charge in [0.25, 0.3) is 0 Å². The zero-order chi connectivity index (χ0) is 13.2. The van der Waals surface area contributed by atoms with Crippen LogP contribution in [0.15, 0.2) is 18.2 Å². The van der Waals surface area contributed by atoms with Crippen molar-refractivity contribution in [1.82, 2.24) is 5.32 Å². The molecule has 0 bridgehead atoms. The highest BCUT2D eigenvalue weighted by Crippen LogP contribution is 2.28. The minimum absolute atomic E-state index is 0.211. The molecule has 18 heavy (non-hydrogen) atoms. The molecule has 0 amide bonds. The summed E-state index contributed by atoms with van der Waals surface area (Å²) in [5, 5.41) is 11.8. The Labute approximate surface area is 109 Å². The monoisotopic (exact) mass is 253 g/mol. The number of nitrogens with one attached hydrogen (secondary N) is 1. The number of ether oxygens (including phenoxy) is 2. The Morgan fingerprint density at radius 2 is 2.00 bits per heavy atom. The molecule has 1 aromatic carbocycles. The van der Waals surface area contributed by atoms with Crippen molar-refractivity contribution in [2.24, 2.45) is 0 Å². The van der Waals surface area contributed by atoms with Crippen LogP contribution < -0.4 is 14.8 Å². The van der Waals surface area contributed by atoms with Gasteiger partial charge in [-0.15, -0.1) is 0 Å². The van der Waals surface area contributed by atoms with Crippen molar-refractivity contribution in [2.75, 3.05) is 26.9 Å². The third-order valence-corrected chi connectivity index (χ3v) is 2.50. The number of rotatable bonds is 9. The van der Waals surface area contributed by atoms with Crippen molar-refractivity contribution >= 4 is 0 Å². The molecule has 0 spiro atoms. The summed E-state index contributed by atoms with van der Waals surface area (Å²) < 4.78 is 11.2. The first-order valence-electron chi connectivity index (χ1n) is 6.45. The molecule has 1 rings (SSSR count). The summed E-state index contributed by atoms with van der Waals surface area (Å²) in [4.78, 5) is 0. The van der Waals surface area contributed by atoms with Crippen molar-refractivity contribution in [3.63, 3.8) is 0 Å². The van der Waals surface area contributed by atoms with E-state index >= 15 is 0 Å². The normalized spacial score (nSPS) is 10.4. The summed E-state index contributed by atoms with van der Waals surface area (Å²) in [5.41, 5.74) is 1.17. The fourth-order valence-corrected chi connectivity index (χ4v) is 1.65. The van der Waals surface area contributed by atoms with Gasteiger partial charge < -0.3 is 19.9 Å². The first-order chi connectivity index (χ1) is 8.81. The zero-order valence-electron chi connectivity index (χ0n) is 11.2. The fourth-order valence-electron chi connectivity index (χ4n) is 1.65. The summed E-state index contributed by atoms with van der Waals surface area (Å²) in [6, 6.07) is 5.97. The SMILES string of the molecule is CCOc1cc(CNC)ccc1OCCCCO. The van der Waals surface area contributed by atoms with Gasteiger partial charge in [0.05, 0.1) is 13.2 Å². The van der Waals surface area contributed by atoms with Crippen LogP contribution in [0.5, 0.6) is 11.5 Å². The molecule has 0 fully saturated rings. The topological polar surface area (TPSA) is 50.7 Å². The second-order valence-electron chi connectivity index (χ2n) is 4.02. The Hall–Kier alpha value is -1.26. The maximum Gasteiger partial charge on any atom is 0.161 e. The molecule has 0 aliphatic heterocycles. The summed E-state index contributed by atoms with van der Waals surface area (Å²) in [6.07, 6.45) is 1.61. The lowest BCUT2D eigenvalue weighted by molar-refractivity contribution is 0.243. The first kappa shape index (κ1) is 14.8. The van der Waals surface area contributed by atoms with E-state index in [0.717, 1.165) is 30.9 Å². The van der Waals surface area contributed by atoms with E-state index in [4.69, 9.17) is 14.6 Å². The van der Waals surface area contributed by atoms with Gasteiger partial charge in [-0.3, -0.25) is 0 Å². The van der Waals surface area contributed by atoms with Gasteiger partial charge in [-0.25, -0.2) is 0 Å². The van der Waals surface area contributed by atoms with Crippen LogP contribution in [0.3, 0.4) is 0 Å². The predicted octanol–water partition coefficient (Wildman–Crippen LogP) is 1.96. The van der Waals surface area contributed by atoms with E-state index in [1.54, 1.807) is 0 Å². The van der Waals surface area contributed by atoms with Crippen LogP contribution in [0.4, 0.5) is 0 Å². The molecule has 4 nitrogen and oxygen atoms in total. The number of aliphatic hydroxyl groups is 1. The minimum atomic E-state index is 0.211. The second-order valence-corrected chi connectivity index (χ2v) is 4.02. The summed E-state index contributed by atoms with van der Waals surface area (Å²) >= 11 is 0. The van der Waals surface area contributed by atoms with Gasteiger partial charge in [-0.05, 0) is 44.5 Å². The molecule has 0 heterocycles. The van der Waals surface area contributed by atoms with Gasteiger partial charge in [-0.1, -0.05) is 6.07 Å². The average Bonchev–Trinajstić information content (AvgIpc) is 2.37. The van der Waals surface area contributed by atoms with Gasteiger partial charge >= 0.3 is 0 Å². The molecule has 0 unspecified atom stereocenters. The molecule has 0 atom stereocenters. The minimum Gasteiger partial charge on any atom is -0.490 e. The lowest BCUT2D eigenvalue weighted by Crippen LogP contribution is -2.06. The van der Waals surface area contributed by atoms with Gasteiger partial charge in [0.15, 0.2) is 11.5 Å². The zero-order valence-corrected chi connectivity index (χ0v) is 11.2. The van der Waals surface area contributed by atoms with Gasteiger partial charge in [0.2, 0.25) is 0 Å². The summed E-state index contributed by atoms with van der Waals surface area (Å²) in [7, 11) is 1.92. The molecular formula is C14H23NO3. The lowest BCUT2D eigenvalue weighted by Gasteiger charge is -2.13. The number of unbranched alkanes of at least 4 members (excludes halogenated alkanes) is 1. The second kappa shape index (κ2) is 8.78. The van der Waals surface area contributed by atoms with Crippen molar-refractivity contribution in [1.29, 1.82) is 0 Å². The number of hydrogen-bond donors (Lipinski definition) is 2. The summed E-state index contributed by atoms with van der Waals surface area (Å²) in [5.74, 6) is 1.56. The van der Waals surface area contributed by atoms with Gasteiger partial charge in [0.1, 0.15) is 0 Å². The largest absolute Gasteiger partial charge is 0.490 e. The van der Waals surface area contributed by atoms with E-state index in [2.05, 4.69) is 5.32 Å². The standard InChI is InChI=1S/C14H23NO3/c1-3-17-14-10-12(11-15-2)6-7-13(14)18-9-5-4-8-16/h6-7,10,15-16H,3-5,8-9,11H2,1-2H3. The Kier molecular flexibility index (Phi) is 7.22. The Morgan fingerprint density at radius 3 is 2.67 bits per heavy atom. The highest BCUT2D eigenvalue weighted by atomic mass is 16.5. The third-order valence-electron chi connectivity index (χ3n) is 2.50. The van der Waals surface area contributed by atoms with Crippen LogP contribution in [-0.4, -0.2) is 32.0 Å². The molecule has 0 aliphatic rings. The van der Waals surface area contributed by atoms with E-state index in [0.29, 0.717) is 13.2 Å². The van der Waals surface area contributed by atoms with E-state index < -0.39 is 0 Å². The van der Waals surface area contributed by atoms with Crippen LogP contribution in [0.25, 0.3) is 0 Å². The smallest absolute Gasteiger partial charge is 0.161 e. The van der Waals surface area contributed by atoms with Crippen LogP contribution in [0.1, 0.15) is 25.3 Å².